The summed E-state index contributed by atoms with van der Waals surface area (Å²) in [4.78, 5) is 14.3. The van der Waals surface area contributed by atoms with Crippen molar-refractivity contribution in [3.05, 3.63) is 36.0 Å². The molecule has 0 spiro atoms. The first-order valence-electron chi connectivity index (χ1n) is 8.19. The van der Waals surface area contributed by atoms with E-state index in [9.17, 15) is 13.2 Å². The fourth-order valence-electron chi connectivity index (χ4n) is 3.09. The fraction of sp³-hybridized carbons (Fsp3) is 0.471. The van der Waals surface area contributed by atoms with Gasteiger partial charge in [0.25, 0.3) is 0 Å². The van der Waals surface area contributed by atoms with Gasteiger partial charge in [0.05, 0.1) is 11.5 Å². The number of sulfone groups is 1. The van der Waals surface area contributed by atoms with E-state index in [1.807, 2.05) is 35.8 Å². The van der Waals surface area contributed by atoms with Crippen LogP contribution in [-0.2, 0) is 21.2 Å². The zero-order chi connectivity index (χ0) is 17.2. The summed E-state index contributed by atoms with van der Waals surface area (Å²) >= 11 is 0. The first-order chi connectivity index (χ1) is 11.4. The number of nitrogens with zero attached hydrogens (tertiary/aromatic N) is 2. The average Bonchev–Trinajstić information content (AvgIpc) is 2.85. The van der Waals surface area contributed by atoms with Crippen LogP contribution in [0.25, 0.3) is 10.9 Å². The van der Waals surface area contributed by atoms with Crippen molar-refractivity contribution in [2.45, 2.75) is 13.5 Å². The summed E-state index contributed by atoms with van der Waals surface area (Å²) in [6, 6.07) is 10.1. The Kier molecular flexibility index (Phi) is 4.91. The second kappa shape index (κ2) is 6.94. The summed E-state index contributed by atoms with van der Waals surface area (Å²) in [6.45, 7) is 4.64. The maximum Gasteiger partial charge on any atom is 0.239 e. The SMILES string of the molecule is Cc1cc2ccccc2n1CC(=O)NCCN1CCS(=O)(=O)CC1. The van der Waals surface area contributed by atoms with Crippen molar-refractivity contribution < 1.29 is 13.2 Å². The lowest BCUT2D eigenvalue weighted by Crippen LogP contribution is -2.44. The van der Waals surface area contributed by atoms with Gasteiger partial charge in [-0.15, -0.1) is 0 Å². The van der Waals surface area contributed by atoms with Crippen LogP contribution in [0, 0.1) is 6.92 Å². The van der Waals surface area contributed by atoms with E-state index in [2.05, 4.69) is 16.3 Å². The first kappa shape index (κ1) is 17.0. The van der Waals surface area contributed by atoms with E-state index in [1.165, 1.54) is 0 Å². The fourth-order valence-corrected chi connectivity index (χ4v) is 4.36. The Balaban J connectivity index is 1.50. The number of rotatable bonds is 5. The molecule has 2 heterocycles. The van der Waals surface area contributed by atoms with Crippen LogP contribution in [-0.4, -0.2) is 61.5 Å². The number of nitrogens with one attached hydrogen (secondary N) is 1. The molecule has 1 aromatic carbocycles. The summed E-state index contributed by atoms with van der Waals surface area (Å²) in [5.74, 6) is 0.412. The van der Waals surface area contributed by atoms with E-state index in [0.717, 1.165) is 16.6 Å². The van der Waals surface area contributed by atoms with Gasteiger partial charge in [0.15, 0.2) is 9.84 Å². The number of hydrogen-bond acceptors (Lipinski definition) is 4. The Morgan fingerprint density at radius 2 is 1.92 bits per heavy atom. The van der Waals surface area contributed by atoms with Crippen molar-refractivity contribution in [2.75, 3.05) is 37.7 Å². The van der Waals surface area contributed by atoms with E-state index in [4.69, 9.17) is 0 Å². The Morgan fingerprint density at radius 3 is 2.67 bits per heavy atom. The van der Waals surface area contributed by atoms with E-state index in [0.29, 0.717) is 32.7 Å². The lowest BCUT2D eigenvalue weighted by molar-refractivity contribution is -0.121. The number of para-hydroxylation sites is 1. The van der Waals surface area contributed by atoms with Gasteiger partial charge < -0.3 is 9.88 Å². The second-order valence-electron chi connectivity index (χ2n) is 6.27. The van der Waals surface area contributed by atoms with Crippen molar-refractivity contribution in [3.8, 4) is 0 Å². The molecule has 1 aromatic heterocycles. The molecule has 1 saturated heterocycles. The normalized spacial score (nSPS) is 17.9. The number of aryl methyl sites for hydroxylation is 1. The van der Waals surface area contributed by atoms with Gasteiger partial charge in [0.1, 0.15) is 6.54 Å². The van der Waals surface area contributed by atoms with Crippen LogP contribution in [0.3, 0.4) is 0 Å². The summed E-state index contributed by atoms with van der Waals surface area (Å²) in [7, 11) is -2.85. The van der Waals surface area contributed by atoms with Crippen LogP contribution in [0.1, 0.15) is 5.69 Å². The van der Waals surface area contributed by atoms with Crippen molar-refractivity contribution >= 4 is 26.6 Å². The van der Waals surface area contributed by atoms with E-state index in [1.54, 1.807) is 0 Å². The third-order valence-electron chi connectivity index (χ3n) is 4.51. The molecule has 1 aliphatic rings. The highest BCUT2D eigenvalue weighted by atomic mass is 32.2. The number of hydrogen-bond donors (Lipinski definition) is 1. The zero-order valence-corrected chi connectivity index (χ0v) is 14.7. The molecule has 130 valence electrons. The third-order valence-corrected chi connectivity index (χ3v) is 6.12. The molecular formula is C17H23N3O3S. The number of aromatic nitrogens is 1. The molecular weight excluding hydrogens is 326 g/mol. The molecule has 1 aliphatic heterocycles. The molecule has 7 heteroatoms. The average molecular weight is 349 g/mol. The van der Waals surface area contributed by atoms with Crippen molar-refractivity contribution in [3.63, 3.8) is 0 Å². The van der Waals surface area contributed by atoms with Gasteiger partial charge in [-0.3, -0.25) is 9.69 Å². The standard InChI is InChI=1S/C17H23N3O3S/c1-14-12-15-4-2-3-5-16(15)20(14)13-17(21)18-6-7-19-8-10-24(22,23)11-9-19/h2-5,12H,6-11,13H2,1H3,(H,18,21). The first-order valence-corrected chi connectivity index (χ1v) is 10.0. The number of amides is 1. The highest BCUT2D eigenvalue weighted by molar-refractivity contribution is 7.91. The molecule has 3 rings (SSSR count). The highest BCUT2D eigenvalue weighted by Crippen LogP contribution is 2.18. The maximum absolute atomic E-state index is 12.2. The van der Waals surface area contributed by atoms with Crippen LogP contribution < -0.4 is 5.32 Å². The molecule has 24 heavy (non-hydrogen) atoms. The predicted octanol–water partition coefficient (Wildman–Crippen LogP) is 0.796. The Labute approximate surface area is 142 Å². The molecule has 0 unspecified atom stereocenters. The number of benzene rings is 1. The van der Waals surface area contributed by atoms with Crippen molar-refractivity contribution in [1.82, 2.24) is 14.8 Å². The molecule has 0 aliphatic carbocycles. The number of fused-ring (bicyclic) bond motifs is 1. The van der Waals surface area contributed by atoms with E-state index < -0.39 is 9.84 Å². The highest BCUT2D eigenvalue weighted by Gasteiger charge is 2.21. The van der Waals surface area contributed by atoms with Gasteiger partial charge >= 0.3 is 0 Å². The summed E-state index contributed by atoms with van der Waals surface area (Å²) in [6.07, 6.45) is 0. The molecule has 1 amide bonds. The van der Waals surface area contributed by atoms with Gasteiger partial charge in [-0.1, -0.05) is 18.2 Å². The van der Waals surface area contributed by atoms with Gasteiger partial charge in [-0.05, 0) is 24.4 Å². The Bertz CT molecular complexity index is 828. The lowest BCUT2D eigenvalue weighted by atomic mass is 10.2. The van der Waals surface area contributed by atoms with E-state index in [-0.39, 0.29) is 17.4 Å². The molecule has 0 atom stereocenters. The van der Waals surface area contributed by atoms with Gasteiger partial charge in [0, 0.05) is 37.4 Å². The number of carbonyl (C=O) groups is 1. The quantitative estimate of drug-likeness (QED) is 0.867. The Morgan fingerprint density at radius 1 is 1.21 bits per heavy atom. The summed E-state index contributed by atoms with van der Waals surface area (Å²) in [5.41, 5.74) is 2.12. The topological polar surface area (TPSA) is 71.4 Å². The molecule has 6 nitrogen and oxygen atoms in total. The molecule has 0 saturated carbocycles. The summed E-state index contributed by atoms with van der Waals surface area (Å²) < 4.78 is 24.8. The van der Waals surface area contributed by atoms with Crippen LogP contribution in [0.5, 0.6) is 0 Å². The Hall–Kier alpha value is -1.86. The molecule has 0 bridgehead atoms. The van der Waals surface area contributed by atoms with Crippen LogP contribution in [0.15, 0.2) is 30.3 Å². The largest absolute Gasteiger partial charge is 0.353 e. The van der Waals surface area contributed by atoms with Gasteiger partial charge in [-0.2, -0.15) is 0 Å². The second-order valence-corrected chi connectivity index (χ2v) is 8.58. The molecule has 1 N–H and O–H groups in total. The molecule has 0 radical (unpaired) electrons. The third kappa shape index (κ3) is 3.96. The minimum atomic E-state index is -2.85. The van der Waals surface area contributed by atoms with Crippen LogP contribution >= 0.6 is 0 Å². The van der Waals surface area contributed by atoms with Gasteiger partial charge in [0.2, 0.25) is 5.91 Å². The zero-order valence-electron chi connectivity index (χ0n) is 13.9. The van der Waals surface area contributed by atoms with E-state index >= 15 is 0 Å². The maximum atomic E-state index is 12.2. The minimum absolute atomic E-state index is 0.0240. The van der Waals surface area contributed by atoms with Crippen molar-refractivity contribution in [1.29, 1.82) is 0 Å². The molecule has 1 fully saturated rings. The van der Waals surface area contributed by atoms with Crippen LogP contribution in [0.4, 0.5) is 0 Å². The lowest BCUT2D eigenvalue weighted by Gasteiger charge is -2.26. The predicted molar refractivity (Wildman–Crippen MR) is 94.8 cm³/mol. The van der Waals surface area contributed by atoms with Gasteiger partial charge in [-0.25, -0.2) is 8.42 Å². The molecule has 2 aromatic rings. The summed E-state index contributed by atoms with van der Waals surface area (Å²) in [5, 5.41) is 4.07. The minimum Gasteiger partial charge on any atom is -0.353 e. The monoisotopic (exact) mass is 349 g/mol. The smallest absolute Gasteiger partial charge is 0.239 e. The van der Waals surface area contributed by atoms with Crippen LogP contribution in [0.2, 0.25) is 0 Å². The van der Waals surface area contributed by atoms with Crippen molar-refractivity contribution in [2.24, 2.45) is 0 Å². The number of carbonyl (C=O) groups excluding carboxylic acids is 1.